The summed E-state index contributed by atoms with van der Waals surface area (Å²) in [5.74, 6) is 0. The molecule has 4 nitrogen and oxygen atoms in total. The van der Waals surface area contributed by atoms with E-state index in [0.717, 1.165) is 0 Å². The zero-order valence-corrected chi connectivity index (χ0v) is 3.16. The third-order valence-electron chi connectivity index (χ3n) is 0.666. The van der Waals surface area contributed by atoms with E-state index in [1.165, 1.54) is 5.01 Å². The van der Waals surface area contributed by atoms with Gasteiger partial charge in [-0.2, -0.15) is 5.34 Å². The lowest BCUT2D eigenvalue weighted by Gasteiger charge is -2.18. The number of hydrogen-bond acceptors (Lipinski definition) is 4. The van der Waals surface area contributed by atoms with Crippen LogP contribution in [-0.2, 0) is 0 Å². The average Bonchev–Trinajstić information content (AvgIpc) is 2.06. The summed E-state index contributed by atoms with van der Waals surface area (Å²) >= 11 is 0. The number of hydrazine groups is 1. The van der Waals surface area contributed by atoms with Crippen molar-refractivity contribution < 1.29 is 5.21 Å². The largest absolute Gasteiger partial charge is 0.748 e. The first-order chi connectivity index (χ1) is 2.80. The Balaban J connectivity index is 2.13. The van der Waals surface area contributed by atoms with Crippen LogP contribution >= 0.6 is 0 Å². The van der Waals surface area contributed by atoms with Crippen molar-refractivity contribution in [2.75, 3.05) is 13.1 Å². The van der Waals surface area contributed by atoms with Crippen molar-refractivity contribution in [1.82, 2.24) is 10.3 Å². The average molecular weight is 89.1 g/mol. The lowest BCUT2D eigenvalue weighted by Crippen LogP contribution is -2.16. The van der Waals surface area contributed by atoms with Crippen molar-refractivity contribution in [3.05, 3.63) is 5.21 Å². The SMILES string of the molecule is [O-]N(O)N1CC1. The highest BCUT2D eigenvalue weighted by molar-refractivity contribution is 4.65. The van der Waals surface area contributed by atoms with Crippen molar-refractivity contribution in [2.24, 2.45) is 0 Å². The molecule has 0 bridgehead atoms. The van der Waals surface area contributed by atoms with Crippen LogP contribution in [0.5, 0.6) is 0 Å². The first-order valence-electron chi connectivity index (χ1n) is 1.72. The minimum atomic E-state index is -0.139. The molecule has 0 radical (unpaired) electrons. The predicted molar refractivity (Wildman–Crippen MR) is 18.6 cm³/mol. The Hall–Kier alpha value is -0.160. The molecular formula is C2H5N2O2-. The molecule has 0 unspecified atom stereocenters. The Labute approximate surface area is 35.1 Å². The molecule has 1 aliphatic rings. The second-order valence-corrected chi connectivity index (χ2v) is 1.21. The summed E-state index contributed by atoms with van der Waals surface area (Å²) < 4.78 is 0. The summed E-state index contributed by atoms with van der Waals surface area (Å²) in [6, 6.07) is 0. The number of rotatable bonds is 1. The molecule has 1 saturated heterocycles. The van der Waals surface area contributed by atoms with Gasteiger partial charge in [-0.15, -0.1) is 0 Å². The molecule has 0 atom stereocenters. The molecule has 0 aromatic rings. The number of hydrogen-bond donors (Lipinski definition) is 1. The highest BCUT2D eigenvalue weighted by Crippen LogP contribution is 2.02. The standard InChI is InChI=1S/C2H5N2O2/c5-4(6)3-1-2-3/h5H,1-2H2/q-1. The van der Waals surface area contributed by atoms with Crippen molar-refractivity contribution >= 4 is 0 Å². The Morgan fingerprint density at radius 3 is 2.17 bits per heavy atom. The van der Waals surface area contributed by atoms with Gasteiger partial charge in [0.15, 0.2) is 0 Å². The Morgan fingerprint density at radius 2 is 2.17 bits per heavy atom. The molecule has 0 amide bonds. The predicted octanol–water partition coefficient (Wildman–Crippen LogP) is -0.594. The van der Waals surface area contributed by atoms with Crippen LogP contribution in [0.15, 0.2) is 0 Å². The monoisotopic (exact) mass is 89.0 g/mol. The summed E-state index contributed by atoms with van der Waals surface area (Å²) in [6.45, 7) is 1.39. The molecule has 36 valence electrons. The van der Waals surface area contributed by atoms with Crippen LogP contribution in [0.25, 0.3) is 0 Å². The van der Waals surface area contributed by atoms with Gasteiger partial charge in [0, 0.05) is 13.1 Å². The quantitative estimate of drug-likeness (QED) is 0.344. The van der Waals surface area contributed by atoms with E-state index in [4.69, 9.17) is 5.21 Å². The maximum Gasteiger partial charge on any atom is 0.0288 e. The van der Waals surface area contributed by atoms with Crippen molar-refractivity contribution in [1.29, 1.82) is 0 Å². The summed E-state index contributed by atoms with van der Waals surface area (Å²) in [7, 11) is 0. The van der Waals surface area contributed by atoms with Gasteiger partial charge < -0.3 is 10.4 Å². The van der Waals surface area contributed by atoms with Crippen LogP contribution in [0, 0.1) is 5.21 Å². The van der Waals surface area contributed by atoms with Gasteiger partial charge >= 0.3 is 0 Å². The maximum absolute atomic E-state index is 9.60. The summed E-state index contributed by atoms with van der Waals surface area (Å²) in [6.07, 6.45) is 0. The fraction of sp³-hybridized carbons (Fsp3) is 1.00. The molecule has 4 heteroatoms. The summed E-state index contributed by atoms with van der Waals surface area (Å²) in [5, 5.41) is 18.6. The van der Waals surface area contributed by atoms with Crippen LogP contribution in [0.2, 0.25) is 0 Å². The van der Waals surface area contributed by atoms with Crippen molar-refractivity contribution in [3.63, 3.8) is 0 Å². The van der Waals surface area contributed by atoms with E-state index < -0.39 is 0 Å². The molecule has 1 heterocycles. The summed E-state index contributed by atoms with van der Waals surface area (Å²) in [4.78, 5) is 0. The summed E-state index contributed by atoms with van der Waals surface area (Å²) in [5.41, 5.74) is 0. The van der Waals surface area contributed by atoms with E-state index in [1.807, 2.05) is 0 Å². The lowest BCUT2D eigenvalue weighted by molar-refractivity contribution is -0.149. The highest BCUT2D eigenvalue weighted by atomic mass is 16.8. The molecule has 0 aliphatic carbocycles. The van der Waals surface area contributed by atoms with Gasteiger partial charge in [0.05, 0.1) is 0 Å². The first kappa shape index (κ1) is 4.01. The Morgan fingerprint density at radius 1 is 1.67 bits per heavy atom. The van der Waals surface area contributed by atoms with Crippen LogP contribution in [0.1, 0.15) is 0 Å². The normalized spacial score (nSPS) is 22.5. The van der Waals surface area contributed by atoms with Crippen LogP contribution < -0.4 is 0 Å². The van der Waals surface area contributed by atoms with E-state index in [2.05, 4.69) is 0 Å². The Kier molecular flexibility index (Phi) is 0.776. The van der Waals surface area contributed by atoms with Gasteiger partial charge in [0.1, 0.15) is 0 Å². The van der Waals surface area contributed by atoms with Gasteiger partial charge in [-0.3, -0.25) is 0 Å². The van der Waals surface area contributed by atoms with Crippen LogP contribution in [0.4, 0.5) is 0 Å². The minimum Gasteiger partial charge on any atom is -0.748 e. The Bertz CT molecular complexity index is 51.5. The topological polar surface area (TPSA) is 49.5 Å². The number of nitrogens with zero attached hydrogens (tertiary/aromatic N) is 2. The van der Waals surface area contributed by atoms with E-state index in [1.54, 1.807) is 0 Å². The lowest BCUT2D eigenvalue weighted by atomic mass is 11.0. The maximum atomic E-state index is 9.60. The third kappa shape index (κ3) is 0.662. The molecule has 1 aliphatic heterocycles. The van der Waals surface area contributed by atoms with Crippen molar-refractivity contribution in [2.45, 2.75) is 0 Å². The van der Waals surface area contributed by atoms with Gasteiger partial charge in [-0.05, 0) is 0 Å². The van der Waals surface area contributed by atoms with Gasteiger partial charge in [0.2, 0.25) is 0 Å². The van der Waals surface area contributed by atoms with E-state index in [-0.39, 0.29) is 5.34 Å². The van der Waals surface area contributed by atoms with Gasteiger partial charge in [-0.25, -0.2) is 5.01 Å². The van der Waals surface area contributed by atoms with E-state index in [9.17, 15) is 5.21 Å². The molecular weight excluding hydrogens is 84.0 g/mol. The van der Waals surface area contributed by atoms with Gasteiger partial charge in [-0.1, -0.05) is 0 Å². The molecule has 6 heavy (non-hydrogen) atoms. The second-order valence-electron chi connectivity index (χ2n) is 1.21. The highest BCUT2D eigenvalue weighted by Gasteiger charge is 2.16. The zero-order chi connectivity index (χ0) is 4.57. The smallest absolute Gasteiger partial charge is 0.0288 e. The molecule has 1 rings (SSSR count). The van der Waals surface area contributed by atoms with Crippen LogP contribution in [0.3, 0.4) is 0 Å². The molecule has 0 aromatic heterocycles. The zero-order valence-electron chi connectivity index (χ0n) is 3.16. The second kappa shape index (κ2) is 1.16. The van der Waals surface area contributed by atoms with Gasteiger partial charge in [0.25, 0.3) is 0 Å². The van der Waals surface area contributed by atoms with E-state index in [0.29, 0.717) is 13.1 Å². The molecule has 0 spiro atoms. The fourth-order valence-corrected chi connectivity index (χ4v) is 0.216. The fourth-order valence-electron chi connectivity index (χ4n) is 0.216. The first-order valence-corrected chi connectivity index (χ1v) is 1.72. The minimum absolute atomic E-state index is 0.139. The van der Waals surface area contributed by atoms with Crippen LogP contribution in [-0.4, -0.2) is 28.6 Å². The van der Waals surface area contributed by atoms with Crippen molar-refractivity contribution in [3.8, 4) is 0 Å². The molecule has 0 saturated carbocycles. The van der Waals surface area contributed by atoms with E-state index >= 15 is 0 Å². The molecule has 0 aromatic carbocycles. The molecule has 1 fully saturated rings. The molecule has 1 N–H and O–H groups in total. The third-order valence-corrected chi connectivity index (χ3v) is 0.666.